The van der Waals surface area contributed by atoms with Crippen LogP contribution in [0, 0.1) is 0 Å². The Morgan fingerprint density at radius 2 is 2.20 bits per heavy atom. The molecular weight excluding hydrogens is 270 g/mol. The van der Waals surface area contributed by atoms with Crippen LogP contribution in [-0.2, 0) is 6.42 Å². The molecule has 0 saturated heterocycles. The lowest BCUT2D eigenvalue weighted by molar-refractivity contribution is 0.413. The normalized spacial score (nSPS) is 10.3. The van der Waals surface area contributed by atoms with Crippen molar-refractivity contribution in [3.63, 3.8) is 0 Å². The number of hydrogen-bond donors (Lipinski definition) is 2. The van der Waals surface area contributed by atoms with E-state index in [0.29, 0.717) is 5.11 Å². The van der Waals surface area contributed by atoms with E-state index in [4.69, 9.17) is 17.0 Å². The second-order valence-electron chi connectivity index (χ2n) is 4.40. The predicted octanol–water partition coefficient (Wildman–Crippen LogP) is 2.27. The molecule has 0 spiro atoms. The topological polar surface area (TPSA) is 46.2 Å². The Balaban J connectivity index is 2.11. The lowest BCUT2D eigenvalue weighted by Gasteiger charge is -2.10. The first-order valence-corrected chi connectivity index (χ1v) is 7.08. The summed E-state index contributed by atoms with van der Waals surface area (Å²) in [6.07, 6.45) is 2.63. The summed E-state index contributed by atoms with van der Waals surface area (Å²) in [4.78, 5) is 4.40. The van der Waals surface area contributed by atoms with Gasteiger partial charge < -0.3 is 15.4 Å². The number of methoxy groups -OCH3 is 1. The molecular formula is C15H19N3OS. The van der Waals surface area contributed by atoms with Crippen LogP contribution in [0.5, 0.6) is 5.75 Å². The highest BCUT2D eigenvalue weighted by atomic mass is 32.1. The summed E-state index contributed by atoms with van der Waals surface area (Å²) in [6, 6.07) is 8.18. The van der Waals surface area contributed by atoms with Crippen molar-refractivity contribution in [2.24, 2.45) is 0 Å². The smallest absolute Gasteiger partial charge is 0.166 e. The van der Waals surface area contributed by atoms with Crippen molar-refractivity contribution in [1.29, 1.82) is 0 Å². The molecule has 106 valence electrons. The molecule has 0 radical (unpaired) electrons. The van der Waals surface area contributed by atoms with Gasteiger partial charge in [0.15, 0.2) is 5.11 Å². The highest BCUT2D eigenvalue weighted by molar-refractivity contribution is 7.80. The van der Waals surface area contributed by atoms with E-state index in [0.717, 1.165) is 36.2 Å². The fraction of sp³-hybridized carbons (Fsp3) is 0.333. The van der Waals surface area contributed by atoms with Crippen molar-refractivity contribution in [3.05, 3.63) is 36.0 Å². The lowest BCUT2D eigenvalue weighted by atomic mass is 10.1. The van der Waals surface area contributed by atoms with E-state index >= 15 is 0 Å². The van der Waals surface area contributed by atoms with E-state index in [1.165, 1.54) is 5.56 Å². The quantitative estimate of drug-likeness (QED) is 0.827. The maximum absolute atomic E-state index is 5.24. The average molecular weight is 289 g/mol. The largest absolute Gasteiger partial charge is 0.495 e. The van der Waals surface area contributed by atoms with E-state index in [-0.39, 0.29) is 0 Å². The van der Waals surface area contributed by atoms with Gasteiger partial charge in [-0.05, 0) is 43.3 Å². The van der Waals surface area contributed by atoms with Crippen LogP contribution in [0.2, 0.25) is 0 Å². The number of benzene rings is 1. The SMILES string of the molecule is CCNC(=S)NCCc1cccc2ncc(OC)cc12. The molecule has 0 atom stereocenters. The summed E-state index contributed by atoms with van der Waals surface area (Å²) in [7, 11) is 1.65. The Bertz CT molecular complexity index is 601. The maximum Gasteiger partial charge on any atom is 0.166 e. The standard InChI is InChI=1S/C15H19N3OS/c1-3-16-15(20)17-8-7-11-5-4-6-14-13(11)9-12(19-2)10-18-14/h4-6,9-10H,3,7-8H2,1-2H3,(H2,16,17,20). The van der Waals surface area contributed by atoms with Crippen molar-refractivity contribution in [3.8, 4) is 5.75 Å². The minimum absolute atomic E-state index is 0.698. The van der Waals surface area contributed by atoms with Crippen molar-refractivity contribution in [2.45, 2.75) is 13.3 Å². The van der Waals surface area contributed by atoms with Gasteiger partial charge >= 0.3 is 0 Å². The number of pyridine rings is 1. The molecule has 5 heteroatoms. The molecule has 2 rings (SSSR count). The van der Waals surface area contributed by atoms with Gasteiger partial charge in [-0.25, -0.2) is 0 Å². The molecule has 0 aliphatic carbocycles. The van der Waals surface area contributed by atoms with E-state index in [9.17, 15) is 0 Å². The first-order chi connectivity index (χ1) is 9.74. The summed E-state index contributed by atoms with van der Waals surface area (Å²) in [5.41, 5.74) is 2.22. The van der Waals surface area contributed by atoms with Gasteiger partial charge in [0.1, 0.15) is 5.75 Å². The molecule has 0 aliphatic rings. The molecule has 2 N–H and O–H groups in total. The number of thiocarbonyl (C=S) groups is 1. The van der Waals surface area contributed by atoms with Crippen LogP contribution in [0.15, 0.2) is 30.5 Å². The third kappa shape index (κ3) is 3.57. The van der Waals surface area contributed by atoms with Crippen LogP contribution in [0.25, 0.3) is 10.9 Å². The van der Waals surface area contributed by atoms with Crippen LogP contribution < -0.4 is 15.4 Å². The number of aromatic nitrogens is 1. The molecule has 0 fully saturated rings. The molecule has 1 aromatic heterocycles. The predicted molar refractivity (Wildman–Crippen MR) is 86.3 cm³/mol. The summed E-state index contributed by atoms with van der Waals surface area (Å²) >= 11 is 5.15. The first-order valence-electron chi connectivity index (χ1n) is 6.68. The average Bonchev–Trinajstić information content (AvgIpc) is 2.47. The van der Waals surface area contributed by atoms with E-state index in [1.807, 2.05) is 25.1 Å². The monoisotopic (exact) mass is 289 g/mol. The lowest BCUT2D eigenvalue weighted by Crippen LogP contribution is -2.36. The van der Waals surface area contributed by atoms with Gasteiger partial charge in [-0.1, -0.05) is 12.1 Å². The van der Waals surface area contributed by atoms with Gasteiger partial charge in [-0.3, -0.25) is 4.98 Å². The second-order valence-corrected chi connectivity index (χ2v) is 4.80. The molecule has 0 aliphatic heterocycles. The summed E-state index contributed by atoms with van der Waals surface area (Å²) in [6.45, 7) is 3.65. The van der Waals surface area contributed by atoms with Crippen molar-refractivity contribution in [1.82, 2.24) is 15.6 Å². The Kier molecular flexibility index (Phi) is 5.12. The van der Waals surface area contributed by atoms with Gasteiger partial charge in [0.2, 0.25) is 0 Å². The number of fused-ring (bicyclic) bond motifs is 1. The summed E-state index contributed by atoms with van der Waals surface area (Å²) < 4.78 is 5.24. The Labute approximate surface area is 124 Å². The molecule has 0 bridgehead atoms. The van der Waals surface area contributed by atoms with Crippen molar-refractivity contribution >= 4 is 28.2 Å². The zero-order chi connectivity index (χ0) is 14.4. The van der Waals surface area contributed by atoms with Crippen LogP contribution >= 0.6 is 12.2 Å². The number of hydrogen-bond acceptors (Lipinski definition) is 3. The van der Waals surface area contributed by atoms with E-state index in [2.05, 4.69) is 21.7 Å². The molecule has 1 aromatic carbocycles. The van der Waals surface area contributed by atoms with Gasteiger partial charge in [0.25, 0.3) is 0 Å². The van der Waals surface area contributed by atoms with Gasteiger partial charge in [-0.2, -0.15) is 0 Å². The van der Waals surface area contributed by atoms with Crippen LogP contribution in [0.1, 0.15) is 12.5 Å². The van der Waals surface area contributed by atoms with Crippen LogP contribution in [0.3, 0.4) is 0 Å². The van der Waals surface area contributed by atoms with Crippen molar-refractivity contribution < 1.29 is 4.74 Å². The first kappa shape index (κ1) is 14.5. The highest BCUT2D eigenvalue weighted by Gasteiger charge is 2.04. The third-order valence-electron chi connectivity index (χ3n) is 3.04. The van der Waals surface area contributed by atoms with Gasteiger partial charge in [-0.15, -0.1) is 0 Å². The van der Waals surface area contributed by atoms with E-state index in [1.54, 1.807) is 13.3 Å². The number of nitrogens with one attached hydrogen (secondary N) is 2. The zero-order valence-corrected chi connectivity index (χ0v) is 12.6. The zero-order valence-electron chi connectivity index (χ0n) is 11.8. The Morgan fingerprint density at radius 3 is 2.95 bits per heavy atom. The minimum Gasteiger partial charge on any atom is -0.495 e. The number of rotatable bonds is 5. The molecule has 2 aromatic rings. The van der Waals surface area contributed by atoms with Crippen LogP contribution in [-0.4, -0.2) is 30.3 Å². The summed E-state index contributed by atoms with van der Waals surface area (Å²) in [5, 5.41) is 8.09. The summed E-state index contributed by atoms with van der Waals surface area (Å²) in [5.74, 6) is 0.779. The maximum atomic E-state index is 5.24. The Morgan fingerprint density at radius 1 is 1.35 bits per heavy atom. The second kappa shape index (κ2) is 7.05. The molecule has 4 nitrogen and oxygen atoms in total. The fourth-order valence-electron chi connectivity index (χ4n) is 2.05. The van der Waals surface area contributed by atoms with Gasteiger partial charge in [0.05, 0.1) is 18.8 Å². The molecule has 0 saturated carbocycles. The fourth-order valence-corrected chi connectivity index (χ4v) is 2.30. The third-order valence-corrected chi connectivity index (χ3v) is 3.33. The Hall–Kier alpha value is -1.88. The van der Waals surface area contributed by atoms with E-state index < -0.39 is 0 Å². The molecule has 0 unspecified atom stereocenters. The minimum atomic E-state index is 0.698. The van der Waals surface area contributed by atoms with Gasteiger partial charge in [0, 0.05) is 18.5 Å². The van der Waals surface area contributed by atoms with Crippen LogP contribution in [0.4, 0.5) is 0 Å². The van der Waals surface area contributed by atoms with Crippen molar-refractivity contribution in [2.75, 3.05) is 20.2 Å². The molecule has 0 amide bonds. The highest BCUT2D eigenvalue weighted by Crippen LogP contribution is 2.21. The number of ether oxygens (including phenoxy) is 1. The number of nitrogens with zero attached hydrogens (tertiary/aromatic N) is 1. The molecule has 1 heterocycles. The molecule has 20 heavy (non-hydrogen) atoms.